The smallest absolute Gasteiger partial charge is 0.164 e. The molecule has 0 atom stereocenters. The number of rotatable bonds is 6. The number of aromatic nitrogens is 3. The molecule has 0 saturated carbocycles. The summed E-state index contributed by atoms with van der Waals surface area (Å²) in [4.78, 5) is 15.3. The van der Waals surface area contributed by atoms with Gasteiger partial charge in [0, 0.05) is 33.0 Å². The number of benzene rings is 8. The molecular formula is C49H31N3O. The Morgan fingerprint density at radius 2 is 0.774 bits per heavy atom. The van der Waals surface area contributed by atoms with Gasteiger partial charge in [0.2, 0.25) is 0 Å². The van der Waals surface area contributed by atoms with Crippen molar-refractivity contribution in [3.05, 3.63) is 188 Å². The van der Waals surface area contributed by atoms with E-state index in [-0.39, 0.29) is 0 Å². The van der Waals surface area contributed by atoms with Gasteiger partial charge in [-0.2, -0.15) is 0 Å². The molecule has 4 nitrogen and oxygen atoms in total. The van der Waals surface area contributed by atoms with Gasteiger partial charge in [0.25, 0.3) is 0 Å². The number of furan rings is 1. The van der Waals surface area contributed by atoms with Crippen molar-refractivity contribution in [2.75, 3.05) is 0 Å². The van der Waals surface area contributed by atoms with Crippen LogP contribution in [0.15, 0.2) is 192 Å². The van der Waals surface area contributed by atoms with Gasteiger partial charge < -0.3 is 4.42 Å². The number of hydrogen-bond donors (Lipinski definition) is 0. The van der Waals surface area contributed by atoms with Crippen molar-refractivity contribution in [1.29, 1.82) is 0 Å². The molecule has 10 aromatic rings. The summed E-state index contributed by atoms with van der Waals surface area (Å²) >= 11 is 0. The summed E-state index contributed by atoms with van der Waals surface area (Å²) < 4.78 is 6.55. The van der Waals surface area contributed by atoms with Crippen molar-refractivity contribution in [2.45, 2.75) is 0 Å². The fraction of sp³-hybridized carbons (Fsp3) is 0. The molecule has 248 valence electrons. The normalized spacial score (nSPS) is 11.4. The van der Waals surface area contributed by atoms with Crippen LogP contribution in [0.4, 0.5) is 0 Å². The molecule has 0 aliphatic rings. The molecule has 0 spiro atoms. The SMILES string of the molecule is c1ccc(-c2ccc(-c3ccc(-c4nc(-c5ccccc5)nc(-c5cc(-c6ccc7ccccc7c6)c6oc7ccccc7c6c5)n4)cc3)cc2)cc1. The number of fused-ring (bicyclic) bond motifs is 4. The maximum atomic E-state index is 6.55. The quantitative estimate of drug-likeness (QED) is 0.176. The Kier molecular flexibility index (Phi) is 7.43. The molecule has 0 aliphatic heterocycles. The molecule has 10 rings (SSSR count). The fourth-order valence-corrected chi connectivity index (χ4v) is 7.18. The minimum atomic E-state index is 0.601. The summed E-state index contributed by atoms with van der Waals surface area (Å²) in [6.07, 6.45) is 0. The van der Waals surface area contributed by atoms with Gasteiger partial charge in [-0.25, -0.2) is 15.0 Å². The van der Waals surface area contributed by atoms with Gasteiger partial charge in [-0.05, 0) is 62.9 Å². The predicted octanol–water partition coefficient (Wildman–Crippen LogP) is 12.9. The molecule has 2 aromatic heterocycles. The van der Waals surface area contributed by atoms with E-state index in [0.717, 1.165) is 60.9 Å². The van der Waals surface area contributed by atoms with Crippen LogP contribution >= 0.6 is 0 Å². The fourth-order valence-electron chi connectivity index (χ4n) is 7.18. The lowest BCUT2D eigenvalue weighted by Crippen LogP contribution is -2.00. The minimum absolute atomic E-state index is 0.601. The van der Waals surface area contributed by atoms with Crippen LogP contribution in [-0.4, -0.2) is 15.0 Å². The second-order valence-corrected chi connectivity index (χ2v) is 13.3. The molecule has 4 heteroatoms. The molecule has 0 N–H and O–H groups in total. The molecule has 0 fully saturated rings. The molecule has 53 heavy (non-hydrogen) atoms. The van der Waals surface area contributed by atoms with E-state index < -0.39 is 0 Å². The van der Waals surface area contributed by atoms with Crippen molar-refractivity contribution < 1.29 is 4.42 Å². The van der Waals surface area contributed by atoms with Gasteiger partial charge in [0.15, 0.2) is 17.5 Å². The van der Waals surface area contributed by atoms with E-state index in [9.17, 15) is 0 Å². The van der Waals surface area contributed by atoms with E-state index in [2.05, 4.69) is 140 Å². The third-order valence-corrected chi connectivity index (χ3v) is 9.93. The standard InChI is InChI=1S/C49H31N3O/c1-3-11-32(12-4-1)34-19-21-35(22-20-34)36-23-26-38(27-24-36)48-50-47(37-14-5-2-6-15-37)51-49(52-48)41-30-43(40-28-25-33-13-7-8-16-39(33)29-40)46-44(31-41)42-17-9-10-18-45(42)53-46/h1-31H. The molecule has 0 amide bonds. The Hall–Kier alpha value is -7.17. The highest BCUT2D eigenvalue weighted by Gasteiger charge is 2.19. The van der Waals surface area contributed by atoms with E-state index in [1.807, 2.05) is 48.5 Å². The van der Waals surface area contributed by atoms with Gasteiger partial charge in [0.1, 0.15) is 11.2 Å². The number of hydrogen-bond acceptors (Lipinski definition) is 4. The van der Waals surface area contributed by atoms with Gasteiger partial charge >= 0.3 is 0 Å². The van der Waals surface area contributed by atoms with E-state index in [1.165, 1.54) is 21.9 Å². The van der Waals surface area contributed by atoms with E-state index in [1.54, 1.807) is 0 Å². The molecule has 0 bridgehead atoms. The first-order valence-electron chi connectivity index (χ1n) is 17.8. The summed E-state index contributed by atoms with van der Waals surface area (Å²) in [5, 5.41) is 4.44. The van der Waals surface area contributed by atoms with Gasteiger partial charge in [-0.3, -0.25) is 0 Å². The highest BCUT2D eigenvalue weighted by Crippen LogP contribution is 2.40. The van der Waals surface area contributed by atoms with Crippen LogP contribution in [0, 0.1) is 0 Å². The van der Waals surface area contributed by atoms with Crippen molar-refractivity contribution in [3.8, 4) is 67.5 Å². The Balaban J connectivity index is 1.11. The van der Waals surface area contributed by atoms with Crippen molar-refractivity contribution >= 4 is 32.7 Å². The van der Waals surface area contributed by atoms with E-state index >= 15 is 0 Å². The zero-order valence-corrected chi connectivity index (χ0v) is 28.6. The highest BCUT2D eigenvalue weighted by molar-refractivity contribution is 6.11. The average molecular weight is 678 g/mol. The summed E-state index contributed by atoms with van der Waals surface area (Å²) in [5.74, 6) is 1.84. The first kappa shape index (κ1) is 30.6. The van der Waals surface area contributed by atoms with Crippen LogP contribution in [0.5, 0.6) is 0 Å². The lowest BCUT2D eigenvalue weighted by atomic mass is 9.96. The van der Waals surface area contributed by atoms with Crippen LogP contribution in [0.25, 0.3) is 100 Å². The molecular weight excluding hydrogens is 647 g/mol. The minimum Gasteiger partial charge on any atom is -0.455 e. The van der Waals surface area contributed by atoms with E-state index in [4.69, 9.17) is 19.4 Å². The first-order chi connectivity index (χ1) is 26.2. The van der Waals surface area contributed by atoms with Gasteiger partial charge in [-0.1, -0.05) is 164 Å². The molecule has 0 unspecified atom stereocenters. The van der Waals surface area contributed by atoms with Crippen LogP contribution < -0.4 is 0 Å². The number of nitrogens with zero attached hydrogens (tertiary/aromatic N) is 3. The number of para-hydroxylation sites is 1. The highest BCUT2D eigenvalue weighted by atomic mass is 16.3. The summed E-state index contributed by atoms with van der Waals surface area (Å²) in [7, 11) is 0. The zero-order chi connectivity index (χ0) is 35.1. The summed E-state index contributed by atoms with van der Waals surface area (Å²) in [6, 6.07) is 65.2. The summed E-state index contributed by atoms with van der Waals surface area (Å²) in [5.41, 5.74) is 11.2. The zero-order valence-electron chi connectivity index (χ0n) is 28.6. The lowest BCUT2D eigenvalue weighted by Gasteiger charge is -2.11. The molecule has 8 aromatic carbocycles. The lowest BCUT2D eigenvalue weighted by molar-refractivity contribution is 0.670. The largest absolute Gasteiger partial charge is 0.455 e. The Bertz CT molecular complexity index is 2910. The third kappa shape index (κ3) is 5.73. The van der Waals surface area contributed by atoms with Crippen LogP contribution in [0.2, 0.25) is 0 Å². The van der Waals surface area contributed by atoms with Crippen LogP contribution in [-0.2, 0) is 0 Å². The Labute approximate surface area is 306 Å². The molecule has 0 saturated heterocycles. The average Bonchev–Trinajstić information content (AvgIpc) is 3.62. The Morgan fingerprint density at radius 1 is 0.302 bits per heavy atom. The second kappa shape index (κ2) is 12.9. The molecule has 0 radical (unpaired) electrons. The van der Waals surface area contributed by atoms with Crippen molar-refractivity contribution in [1.82, 2.24) is 15.0 Å². The van der Waals surface area contributed by atoms with Crippen molar-refractivity contribution in [2.24, 2.45) is 0 Å². The molecule has 2 heterocycles. The topological polar surface area (TPSA) is 51.8 Å². The van der Waals surface area contributed by atoms with Crippen LogP contribution in [0.1, 0.15) is 0 Å². The van der Waals surface area contributed by atoms with Gasteiger partial charge in [0.05, 0.1) is 0 Å². The molecule has 0 aliphatic carbocycles. The first-order valence-corrected chi connectivity index (χ1v) is 17.8. The summed E-state index contributed by atoms with van der Waals surface area (Å²) in [6.45, 7) is 0. The maximum absolute atomic E-state index is 6.55. The monoisotopic (exact) mass is 677 g/mol. The Morgan fingerprint density at radius 3 is 1.43 bits per heavy atom. The maximum Gasteiger partial charge on any atom is 0.164 e. The van der Waals surface area contributed by atoms with Crippen molar-refractivity contribution in [3.63, 3.8) is 0 Å². The van der Waals surface area contributed by atoms with E-state index in [0.29, 0.717) is 17.5 Å². The third-order valence-electron chi connectivity index (χ3n) is 9.93. The second-order valence-electron chi connectivity index (χ2n) is 13.3. The van der Waals surface area contributed by atoms with Crippen LogP contribution in [0.3, 0.4) is 0 Å². The predicted molar refractivity (Wildman–Crippen MR) is 217 cm³/mol. The van der Waals surface area contributed by atoms with Gasteiger partial charge in [-0.15, -0.1) is 0 Å².